The number of ether oxygens (including phenoxy) is 2. The number of aromatic nitrogens is 1. The van der Waals surface area contributed by atoms with Crippen molar-refractivity contribution in [2.45, 2.75) is 166 Å². The number of carbonyl (C=O) groups is 13. The summed E-state index contributed by atoms with van der Waals surface area (Å²) in [6, 6.07) is 10.3. The number of para-hydroxylation sites is 1. The topological polar surface area (TPSA) is 481 Å². The van der Waals surface area contributed by atoms with Gasteiger partial charge in [0.15, 0.2) is 6.04 Å². The third kappa shape index (κ3) is 22.4. The van der Waals surface area contributed by atoms with Gasteiger partial charge in [-0.05, 0) is 111 Å². The number of amides is 11. The van der Waals surface area contributed by atoms with Crippen molar-refractivity contribution < 1.29 is 97.3 Å². The van der Waals surface area contributed by atoms with Crippen molar-refractivity contribution in [2.24, 2.45) is 17.8 Å². The van der Waals surface area contributed by atoms with Crippen molar-refractivity contribution in [3.05, 3.63) is 149 Å². The van der Waals surface area contributed by atoms with Crippen LogP contribution in [0.25, 0.3) is 23.1 Å². The van der Waals surface area contributed by atoms with Crippen LogP contribution in [0.4, 0.5) is 0 Å². The Morgan fingerprint density at radius 2 is 1.23 bits per heavy atom. The maximum Gasteiger partial charge on any atom is 0.331 e. The van der Waals surface area contributed by atoms with Gasteiger partial charge in [-0.25, -0.2) is 4.79 Å². The quantitative estimate of drug-likeness (QED) is 0.0434. The number of benzene rings is 4. The number of aliphatic carboxylic acids is 1. The molecule has 11 amide bonds. The van der Waals surface area contributed by atoms with Gasteiger partial charge in [-0.2, -0.15) is 0 Å². The lowest BCUT2D eigenvalue weighted by molar-refractivity contribution is -0.160. The summed E-state index contributed by atoms with van der Waals surface area (Å²) in [5.41, 5.74) is 2.37. The average Bonchev–Trinajstić information content (AvgIpc) is 1.63. The first-order valence-corrected chi connectivity index (χ1v) is 34.9. The second kappa shape index (κ2) is 38.6. The molecule has 2 saturated heterocycles. The van der Waals surface area contributed by atoms with Crippen LogP contribution in [-0.4, -0.2) is 205 Å². The first-order valence-electron chi connectivity index (χ1n) is 34.9. The lowest BCUT2D eigenvalue weighted by Crippen LogP contribution is -2.62. The Balaban J connectivity index is 1.30. The largest absolute Gasteiger partial charge is 0.497 e. The Bertz CT molecular complexity index is 4090. The minimum absolute atomic E-state index is 0.0253. The summed E-state index contributed by atoms with van der Waals surface area (Å²) in [5.74, 6) is -18.7. The van der Waals surface area contributed by atoms with E-state index in [0.717, 1.165) is 31.7 Å². The molecule has 4 aromatic carbocycles. The second-order valence-corrected chi connectivity index (χ2v) is 26.9. The summed E-state index contributed by atoms with van der Waals surface area (Å²) >= 11 is 0. The van der Waals surface area contributed by atoms with E-state index in [1.807, 2.05) is 0 Å². The molecule has 0 radical (unpaired) electrons. The number of aromatic amines is 1. The SMILES string of the molecule is C/C=C\c1ccccc1/C=C/C(=O)N[C@@H]1C(=O)N[C@@H](C)C(=O)N[C@@H](C(C)C(=O)O)C(=O)NCC(=O)N[C@@H](C(O)c2ccccc2)C(=O)N2CCC[C@H]2C(=O)N[C@@H](C(O)c2ccc(OC)cc2)C(=O)N[C@@H](Cc2c[nH]c3ccccc23)C(=O)N[C@@H](O)C(=O)N[C@@H](CC(C)C)C(=O)N[C@@H](C(O)C(C)C)C(=O)OC1C. The van der Waals surface area contributed by atoms with Gasteiger partial charge in [0.05, 0.1) is 25.7 Å². The number of aliphatic hydroxyl groups is 4. The number of hydrogen-bond donors (Lipinski definition) is 16. The van der Waals surface area contributed by atoms with E-state index < -0.39 is 193 Å². The fraction of sp³-hybridized carbons (Fsp3) is 0.427. The summed E-state index contributed by atoms with van der Waals surface area (Å²) < 4.78 is 11.1. The van der Waals surface area contributed by atoms with Crippen molar-refractivity contribution in [3.63, 3.8) is 0 Å². The number of nitrogens with zero attached hydrogens (tertiary/aromatic N) is 1. The Morgan fingerprint density at radius 3 is 1.88 bits per heavy atom. The van der Waals surface area contributed by atoms with Crippen molar-refractivity contribution >= 4 is 100.0 Å². The van der Waals surface area contributed by atoms with Crippen molar-refractivity contribution in [1.82, 2.24) is 63.1 Å². The lowest BCUT2D eigenvalue weighted by Gasteiger charge is -2.33. The molecule has 2 fully saturated rings. The molecule has 5 unspecified atom stereocenters. The van der Waals surface area contributed by atoms with E-state index in [2.05, 4.69) is 58.2 Å². The van der Waals surface area contributed by atoms with Crippen LogP contribution in [0, 0.1) is 17.8 Å². The van der Waals surface area contributed by atoms with E-state index in [1.54, 1.807) is 87.5 Å². The summed E-state index contributed by atoms with van der Waals surface area (Å²) in [6.07, 6.45) is -2.94. The Labute approximate surface area is 617 Å². The number of cyclic esters (lactones) is 1. The molecular weight excluding hydrogens is 1390 g/mol. The number of allylic oxidation sites excluding steroid dienone is 1. The van der Waals surface area contributed by atoms with E-state index in [1.165, 1.54) is 81.8 Å². The molecule has 0 saturated carbocycles. The molecule has 32 heteroatoms. The number of carboxylic acids is 1. The number of esters is 1. The van der Waals surface area contributed by atoms with E-state index >= 15 is 9.59 Å². The first-order chi connectivity index (χ1) is 50.8. The summed E-state index contributed by atoms with van der Waals surface area (Å²) in [5, 5.41) is 81.9. The van der Waals surface area contributed by atoms with Gasteiger partial charge in [0, 0.05) is 36.1 Å². The molecule has 107 heavy (non-hydrogen) atoms. The molecule has 3 heterocycles. The highest BCUT2D eigenvalue weighted by atomic mass is 16.5. The number of carbonyl (C=O) groups excluding carboxylic acids is 12. The molecule has 16 N–H and O–H groups in total. The summed E-state index contributed by atoms with van der Waals surface area (Å²) in [6.45, 7) is 10.1. The third-order valence-corrected chi connectivity index (χ3v) is 18.2. The van der Waals surface area contributed by atoms with Gasteiger partial charge >= 0.3 is 11.9 Å². The Kier molecular flexibility index (Phi) is 29.9. The zero-order valence-corrected chi connectivity index (χ0v) is 60.6. The minimum atomic E-state index is -2.52. The van der Waals surface area contributed by atoms with Crippen molar-refractivity contribution in [1.29, 1.82) is 0 Å². The molecule has 32 nitrogen and oxygen atoms in total. The minimum Gasteiger partial charge on any atom is -0.497 e. The second-order valence-electron chi connectivity index (χ2n) is 26.9. The van der Waals surface area contributed by atoms with Gasteiger partial charge < -0.3 is 98.1 Å². The zero-order valence-electron chi connectivity index (χ0n) is 60.6. The molecule has 2 aliphatic rings. The predicted octanol–water partition coefficient (Wildman–Crippen LogP) is 0.102. The van der Waals surface area contributed by atoms with Crippen LogP contribution in [0.15, 0.2) is 121 Å². The van der Waals surface area contributed by atoms with Crippen LogP contribution in [0.5, 0.6) is 5.75 Å². The van der Waals surface area contributed by atoms with Gasteiger partial charge in [0.1, 0.15) is 72.4 Å². The van der Waals surface area contributed by atoms with Crippen molar-refractivity contribution in [2.75, 3.05) is 20.2 Å². The molecule has 7 rings (SSSR count). The summed E-state index contributed by atoms with van der Waals surface area (Å²) in [7, 11) is 1.38. The number of hydrogen-bond acceptors (Lipinski definition) is 19. The number of nitrogens with one attached hydrogen (secondary N) is 11. The number of aliphatic hydroxyl groups excluding tert-OH is 4. The number of methoxy groups -OCH3 is 1. The smallest absolute Gasteiger partial charge is 0.331 e. The maximum atomic E-state index is 15.1. The fourth-order valence-electron chi connectivity index (χ4n) is 12.1. The van der Waals surface area contributed by atoms with E-state index in [4.69, 9.17) is 9.47 Å². The lowest BCUT2D eigenvalue weighted by atomic mass is 9.97. The standard InChI is InChI=1S/C75H94N12O20/c1-10-19-43-20-14-15-21-44(43)29-32-54(88)81-57-42(8)107-75(105)60(61(90)39(4)5)85-65(94)51(34-38(2)3)80-71(100)72(101)86-66(95)52(35-47-36-76-50-25-17-16-24-49(47)50)79-70(99)58(62(91)46-27-30-48(106-9)31-28-46)84-67(96)53-26-18-33-87(53)73(102)59(63(92)45-22-12-11-13-23-45)82-55(89)37-77-68(97)56(40(6)74(103)104)83-64(93)41(7)78-69(57)98/h10-17,19-25,27-32,36,38-42,51-53,56-63,72,76,90-92,101H,18,26,33-35,37H2,1-9H3,(H,77,97)(H,78,98)(H,79,99)(H,80,100)(H,81,88)(H,82,89)(H,83,93)(H,84,96)(H,85,94)(H,86,95)(H,103,104)/b19-10-,32-29+/t40?,41-,42?,51-,52-,53-,56-,57-,58-,59-,60-,61?,62?,63?,72-/m0/s1. The van der Waals surface area contributed by atoms with Gasteiger partial charge in [0.25, 0.3) is 5.91 Å². The van der Waals surface area contributed by atoms with Gasteiger partial charge in [0.2, 0.25) is 65.3 Å². The molecule has 5 aromatic rings. The molecule has 574 valence electrons. The molecule has 0 aliphatic carbocycles. The number of carboxylic acid groups (broad SMARTS) is 1. The zero-order chi connectivity index (χ0) is 78.5. The van der Waals surface area contributed by atoms with Crippen LogP contribution < -0.4 is 57.9 Å². The average molecular weight is 1480 g/mol. The first kappa shape index (κ1) is 82.9. The highest BCUT2D eigenvalue weighted by molar-refractivity contribution is 6.01. The van der Waals surface area contributed by atoms with Crippen LogP contribution >= 0.6 is 0 Å². The highest BCUT2D eigenvalue weighted by Crippen LogP contribution is 2.28. The Hall–Kier alpha value is -11.4. The number of rotatable bonds is 17. The monoisotopic (exact) mass is 1480 g/mol. The van der Waals surface area contributed by atoms with Crippen LogP contribution in [0.2, 0.25) is 0 Å². The van der Waals surface area contributed by atoms with Gasteiger partial charge in [-0.15, -0.1) is 0 Å². The molecule has 15 atom stereocenters. The maximum absolute atomic E-state index is 15.1. The Morgan fingerprint density at radius 1 is 0.636 bits per heavy atom. The molecule has 1 aromatic heterocycles. The molecule has 0 spiro atoms. The molecule has 0 bridgehead atoms. The van der Waals surface area contributed by atoms with Crippen LogP contribution in [-0.2, 0) is 73.5 Å². The summed E-state index contributed by atoms with van der Waals surface area (Å²) in [4.78, 5) is 191. The van der Waals surface area contributed by atoms with E-state index in [0.29, 0.717) is 33.3 Å². The highest BCUT2D eigenvalue weighted by Gasteiger charge is 2.45. The third-order valence-electron chi connectivity index (χ3n) is 18.2. The molecule has 2 aliphatic heterocycles. The van der Waals surface area contributed by atoms with Crippen molar-refractivity contribution in [3.8, 4) is 5.75 Å². The van der Waals surface area contributed by atoms with Gasteiger partial charge in [-0.1, -0.05) is 125 Å². The van der Waals surface area contributed by atoms with Crippen LogP contribution in [0.1, 0.15) is 115 Å². The number of H-pyrrole nitrogens is 1. The van der Waals surface area contributed by atoms with Gasteiger partial charge in [-0.3, -0.25) is 57.5 Å². The number of fused-ring (bicyclic) bond motifs is 2. The normalized spacial score (nSPS) is 24.8. The van der Waals surface area contributed by atoms with E-state index in [-0.39, 0.29) is 36.9 Å². The van der Waals surface area contributed by atoms with E-state index in [9.17, 15) is 78.3 Å². The van der Waals surface area contributed by atoms with Crippen LogP contribution in [0.3, 0.4) is 0 Å². The molecular formula is C75H94N12O20. The predicted molar refractivity (Wildman–Crippen MR) is 387 cm³/mol. The fourth-order valence-corrected chi connectivity index (χ4v) is 12.1.